The molecule has 126 valence electrons. The third-order valence-electron chi connectivity index (χ3n) is 4.22. The summed E-state index contributed by atoms with van der Waals surface area (Å²) < 4.78 is 10.6. The van der Waals surface area contributed by atoms with Crippen LogP contribution in [0.2, 0.25) is 0 Å². The summed E-state index contributed by atoms with van der Waals surface area (Å²) in [5.74, 6) is -0.987. The van der Waals surface area contributed by atoms with Gasteiger partial charge < -0.3 is 19.7 Å². The molecule has 2 N–H and O–H groups in total. The van der Waals surface area contributed by atoms with Gasteiger partial charge in [-0.3, -0.25) is 4.79 Å². The van der Waals surface area contributed by atoms with Crippen LogP contribution in [-0.2, 0) is 19.1 Å². The Morgan fingerprint density at radius 3 is 2.78 bits per heavy atom. The summed E-state index contributed by atoms with van der Waals surface area (Å²) in [6.07, 6.45) is 0.867. The average molecular weight is 322 g/mol. The molecule has 2 aliphatic rings. The second-order valence-corrected chi connectivity index (χ2v) is 5.91. The third-order valence-corrected chi connectivity index (χ3v) is 4.22. The predicted octanol–water partition coefficient (Wildman–Crippen LogP) is 1.18. The van der Waals surface area contributed by atoms with Crippen LogP contribution in [0, 0.1) is 0 Å². The Balaban J connectivity index is 2.41. The normalized spacial score (nSPS) is 31.1. The Kier molecular flexibility index (Phi) is 5.38. The van der Waals surface area contributed by atoms with Crippen LogP contribution in [0.4, 0.5) is 0 Å². The van der Waals surface area contributed by atoms with Gasteiger partial charge in [0.15, 0.2) is 0 Å². The van der Waals surface area contributed by atoms with E-state index in [0.717, 1.165) is 0 Å². The highest BCUT2D eigenvalue weighted by atomic mass is 16.6. The fourth-order valence-corrected chi connectivity index (χ4v) is 2.86. The average Bonchev–Trinajstić information content (AvgIpc) is 2.77. The van der Waals surface area contributed by atoms with Gasteiger partial charge in [0, 0.05) is 13.3 Å². The van der Waals surface area contributed by atoms with Crippen molar-refractivity contribution in [3.63, 3.8) is 0 Å². The van der Waals surface area contributed by atoms with E-state index in [4.69, 9.17) is 9.47 Å². The lowest BCUT2D eigenvalue weighted by molar-refractivity contribution is -0.146. The van der Waals surface area contributed by atoms with Crippen LogP contribution in [0.5, 0.6) is 0 Å². The van der Waals surface area contributed by atoms with Crippen LogP contribution in [-0.4, -0.2) is 47.1 Å². The molecule has 0 spiro atoms. The topological polar surface area (TPSA) is 93.1 Å². The number of ether oxygens (including phenoxy) is 2. The minimum Gasteiger partial charge on any atom is -0.458 e. The largest absolute Gasteiger partial charge is 0.458 e. The smallest absolute Gasteiger partial charge is 0.337 e. The molecule has 0 aromatic heterocycles. The quantitative estimate of drug-likeness (QED) is 0.586. The Labute approximate surface area is 135 Å². The molecule has 1 aliphatic carbocycles. The van der Waals surface area contributed by atoms with Gasteiger partial charge in [0.2, 0.25) is 0 Å². The molecule has 23 heavy (non-hydrogen) atoms. The highest BCUT2D eigenvalue weighted by Gasteiger charge is 2.34. The van der Waals surface area contributed by atoms with Crippen molar-refractivity contribution in [1.29, 1.82) is 0 Å². The zero-order valence-corrected chi connectivity index (χ0v) is 13.4. The minimum atomic E-state index is -0.810. The fraction of sp³-hybridized carbons (Fsp3) is 0.529. The van der Waals surface area contributed by atoms with Crippen LogP contribution in [0.3, 0.4) is 0 Å². The Bertz CT molecular complexity index is 586. The van der Waals surface area contributed by atoms with E-state index in [-0.39, 0.29) is 18.6 Å². The molecular formula is C17H22O6. The summed E-state index contributed by atoms with van der Waals surface area (Å²) in [7, 11) is 0. The van der Waals surface area contributed by atoms with Crippen LogP contribution >= 0.6 is 0 Å². The Morgan fingerprint density at radius 2 is 2.17 bits per heavy atom. The van der Waals surface area contributed by atoms with Crippen LogP contribution in [0.1, 0.15) is 33.1 Å². The number of hydrogen-bond acceptors (Lipinski definition) is 6. The Hall–Kier alpha value is -1.92. The number of aliphatic hydroxyl groups excluding tert-OH is 2. The van der Waals surface area contributed by atoms with E-state index in [9.17, 15) is 19.8 Å². The van der Waals surface area contributed by atoms with Gasteiger partial charge in [0.1, 0.15) is 12.2 Å². The van der Waals surface area contributed by atoms with Crippen LogP contribution in [0.15, 0.2) is 34.9 Å². The summed E-state index contributed by atoms with van der Waals surface area (Å²) in [6, 6.07) is 0. The van der Waals surface area contributed by atoms with Gasteiger partial charge in [-0.1, -0.05) is 6.58 Å². The molecule has 3 atom stereocenters. The lowest BCUT2D eigenvalue weighted by Gasteiger charge is -2.25. The van der Waals surface area contributed by atoms with E-state index in [2.05, 4.69) is 6.58 Å². The zero-order valence-electron chi connectivity index (χ0n) is 13.4. The molecule has 0 aromatic carbocycles. The van der Waals surface area contributed by atoms with Gasteiger partial charge in [0.05, 0.1) is 18.3 Å². The number of hydrogen-bond donors (Lipinski definition) is 2. The van der Waals surface area contributed by atoms with E-state index >= 15 is 0 Å². The van der Waals surface area contributed by atoms with Gasteiger partial charge in [-0.2, -0.15) is 0 Å². The summed E-state index contributed by atoms with van der Waals surface area (Å²) >= 11 is 0. The molecule has 1 aliphatic heterocycles. The first-order valence-corrected chi connectivity index (χ1v) is 7.58. The maximum Gasteiger partial charge on any atom is 0.337 e. The van der Waals surface area contributed by atoms with E-state index in [0.29, 0.717) is 29.6 Å². The van der Waals surface area contributed by atoms with Crippen molar-refractivity contribution in [3.8, 4) is 0 Å². The molecule has 0 fully saturated rings. The highest BCUT2D eigenvalue weighted by molar-refractivity contribution is 5.93. The molecule has 0 unspecified atom stereocenters. The molecule has 0 bridgehead atoms. The van der Waals surface area contributed by atoms with Crippen molar-refractivity contribution in [2.45, 2.75) is 51.4 Å². The maximum absolute atomic E-state index is 11.9. The lowest BCUT2D eigenvalue weighted by atomic mass is 9.90. The zero-order chi connectivity index (χ0) is 17.1. The van der Waals surface area contributed by atoms with Crippen molar-refractivity contribution in [2.75, 3.05) is 6.61 Å². The number of carbonyl (C=O) groups is 2. The first-order valence-electron chi connectivity index (χ1n) is 7.58. The predicted molar refractivity (Wildman–Crippen MR) is 82.3 cm³/mol. The van der Waals surface area contributed by atoms with Gasteiger partial charge in [-0.25, -0.2) is 4.79 Å². The Morgan fingerprint density at radius 1 is 1.48 bits per heavy atom. The first kappa shape index (κ1) is 17.4. The molecule has 0 amide bonds. The SMILES string of the molecule is C=C1CCC2=C(CO)C(=O)O[C@@H]2/C=C(/C)[C@@H](OC(C)=O)C[C@@H]1O. The molecule has 6 heteroatoms. The van der Waals surface area contributed by atoms with Gasteiger partial charge in [0.25, 0.3) is 0 Å². The second-order valence-electron chi connectivity index (χ2n) is 5.91. The number of rotatable bonds is 2. The van der Waals surface area contributed by atoms with Gasteiger partial charge in [-0.15, -0.1) is 0 Å². The number of fused-ring (bicyclic) bond motifs is 1. The molecule has 2 rings (SSSR count). The van der Waals surface area contributed by atoms with Crippen molar-refractivity contribution in [3.05, 3.63) is 34.9 Å². The molecule has 0 saturated heterocycles. The van der Waals surface area contributed by atoms with E-state index < -0.39 is 30.3 Å². The van der Waals surface area contributed by atoms with Crippen LogP contribution < -0.4 is 0 Å². The molecule has 6 nitrogen and oxygen atoms in total. The van der Waals surface area contributed by atoms with Gasteiger partial charge in [-0.05, 0) is 42.6 Å². The van der Waals surface area contributed by atoms with Crippen molar-refractivity contribution in [1.82, 2.24) is 0 Å². The van der Waals surface area contributed by atoms with Crippen molar-refractivity contribution in [2.24, 2.45) is 0 Å². The first-order chi connectivity index (χ1) is 10.8. The molecule has 0 radical (unpaired) electrons. The van der Waals surface area contributed by atoms with Crippen molar-refractivity contribution >= 4 is 11.9 Å². The minimum absolute atomic E-state index is 0.216. The number of esters is 2. The summed E-state index contributed by atoms with van der Waals surface area (Å²) in [5, 5.41) is 19.6. The third kappa shape index (κ3) is 3.89. The van der Waals surface area contributed by atoms with E-state index in [1.54, 1.807) is 13.0 Å². The summed E-state index contributed by atoms with van der Waals surface area (Å²) in [4.78, 5) is 23.1. The van der Waals surface area contributed by atoms with E-state index in [1.165, 1.54) is 6.92 Å². The molecule has 1 heterocycles. The summed E-state index contributed by atoms with van der Waals surface area (Å²) in [5.41, 5.74) is 2.22. The molecular weight excluding hydrogens is 300 g/mol. The fourth-order valence-electron chi connectivity index (χ4n) is 2.86. The number of aliphatic hydroxyl groups is 2. The highest BCUT2D eigenvalue weighted by Crippen LogP contribution is 2.32. The lowest BCUT2D eigenvalue weighted by Crippen LogP contribution is -2.27. The molecule has 0 saturated carbocycles. The van der Waals surface area contributed by atoms with Crippen molar-refractivity contribution < 1.29 is 29.3 Å². The number of carbonyl (C=O) groups excluding carboxylic acids is 2. The van der Waals surface area contributed by atoms with Gasteiger partial charge >= 0.3 is 11.9 Å². The maximum atomic E-state index is 11.9. The summed E-state index contributed by atoms with van der Waals surface area (Å²) in [6.45, 7) is 6.54. The van der Waals surface area contributed by atoms with E-state index in [1.807, 2.05) is 0 Å². The monoisotopic (exact) mass is 322 g/mol. The second kappa shape index (κ2) is 7.10. The standard InChI is InChI=1S/C17H22O6/c1-9-4-5-12-13(8-18)17(21)23-16(12)6-10(2)15(7-14(9)20)22-11(3)19/h6,14-16,18,20H,1,4-5,7-8H2,2-3H3/b10-6-/t14-,15-,16+/m0/s1. The molecule has 0 aromatic rings. The van der Waals surface area contributed by atoms with Crippen LogP contribution in [0.25, 0.3) is 0 Å².